The molecule has 0 radical (unpaired) electrons. The summed E-state index contributed by atoms with van der Waals surface area (Å²) >= 11 is 3.53. The highest BCUT2D eigenvalue weighted by molar-refractivity contribution is 9.10. The number of aromatic nitrogens is 1. The molecule has 1 unspecified atom stereocenters. The van der Waals surface area contributed by atoms with Crippen molar-refractivity contribution >= 4 is 38.6 Å². The molecule has 5 rings (SSSR count). The van der Waals surface area contributed by atoms with E-state index < -0.39 is 5.66 Å². The summed E-state index contributed by atoms with van der Waals surface area (Å²) in [5.74, 6) is 0.267. The quantitative estimate of drug-likeness (QED) is 0.351. The highest BCUT2D eigenvalue weighted by Gasteiger charge is 2.55. The molecule has 1 N–H and O–H groups in total. The minimum absolute atomic E-state index is 0.238. The van der Waals surface area contributed by atoms with Gasteiger partial charge in [-0.25, -0.2) is 0 Å². The first kappa shape index (κ1) is 20.0. The molecule has 1 aliphatic heterocycles. The van der Waals surface area contributed by atoms with Gasteiger partial charge in [0, 0.05) is 34.4 Å². The van der Waals surface area contributed by atoms with E-state index in [0.717, 1.165) is 10.0 Å². The zero-order chi connectivity index (χ0) is 21.8. The smallest absolute Gasteiger partial charge is 0.145 e. The minimum atomic E-state index is -0.505. The zero-order valence-electron chi connectivity index (χ0n) is 17.9. The predicted molar refractivity (Wildman–Crippen MR) is 133 cm³/mol. The minimum Gasteiger partial charge on any atom is -0.507 e. The van der Waals surface area contributed by atoms with Crippen molar-refractivity contribution in [3.05, 3.63) is 101 Å². The standard InChI is InChI=1S/C27H25BrN2O/c1-26(2)22-9-5-7-11-24(22)29(3)27(26,16-14-20-18-21(28)12-13-25(20)31)30-17-15-19-8-4-6-10-23(19)30/h4-18,31H,1-3H3. The van der Waals surface area contributed by atoms with E-state index >= 15 is 0 Å². The summed E-state index contributed by atoms with van der Waals surface area (Å²) in [7, 11) is 2.16. The van der Waals surface area contributed by atoms with Gasteiger partial charge in [0.2, 0.25) is 0 Å². The average molecular weight is 473 g/mol. The molecule has 0 amide bonds. The fourth-order valence-electron chi connectivity index (χ4n) is 5.20. The highest BCUT2D eigenvalue weighted by Crippen LogP contribution is 2.55. The second-order valence-electron chi connectivity index (χ2n) is 8.71. The van der Waals surface area contributed by atoms with Crippen LogP contribution >= 0.6 is 15.9 Å². The molecular formula is C27H25BrN2O. The molecule has 2 heterocycles. The molecule has 0 saturated carbocycles. The number of hydrogen-bond donors (Lipinski definition) is 1. The molecular weight excluding hydrogens is 448 g/mol. The summed E-state index contributed by atoms with van der Waals surface area (Å²) in [5, 5.41) is 11.7. The molecule has 4 aromatic rings. The van der Waals surface area contributed by atoms with Gasteiger partial charge in [-0.1, -0.05) is 72.3 Å². The lowest BCUT2D eigenvalue weighted by Gasteiger charge is -2.46. The van der Waals surface area contributed by atoms with Gasteiger partial charge in [-0.2, -0.15) is 0 Å². The van der Waals surface area contributed by atoms with Crippen LogP contribution in [0.1, 0.15) is 25.0 Å². The number of nitrogens with zero attached hydrogens (tertiary/aromatic N) is 2. The molecule has 3 nitrogen and oxygen atoms in total. The average Bonchev–Trinajstić information content (AvgIpc) is 3.26. The lowest BCUT2D eigenvalue weighted by molar-refractivity contribution is 0.244. The number of likely N-dealkylation sites (N-methyl/N-ethyl adjacent to an activating group) is 1. The number of halogens is 1. The largest absolute Gasteiger partial charge is 0.507 e. The Balaban J connectivity index is 1.81. The van der Waals surface area contributed by atoms with Crippen LogP contribution in [0.4, 0.5) is 5.69 Å². The van der Waals surface area contributed by atoms with E-state index in [9.17, 15) is 5.11 Å². The molecule has 0 bridgehead atoms. The van der Waals surface area contributed by atoms with Crippen LogP contribution in [-0.2, 0) is 11.1 Å². The number of aromatic hydroxyl groups is 1. The van der Waals surface area contributed by atoms with Crippen molar-refractivity contribution in [2.24, 2.45) is 0 Å². The molecule has 4 heteroatoms. The van der Waals surface area contributed by atoms with E-state index in [4.69, 9.17) is 0 Å². The maximum absolute atomic E-state index is 10.5. The first-order valence-electron chi connectivity index (χ1n) is 10.4. The SMILES string of the molecule is CN1c2ccccc2C(C)(C)C1(C=Cc1cc(Br)ccc1O)n1ccc2ccccc21. The van der Waals surface area contributed by atoms with Crippen LogP contribution in [0.5, 0.6) is 5.75 Å². The van der Waals surface area contributed by atoms with Crippen molar-refractivity contribution in [3.63, 3.8) is 0 Å². The maximum atomic E-state index is 10.5. The first-order chi connectivity index (χ1) is 14.9. The van der Waals surface area contributed by atoms with Crippen LogP contribution < -0.4 is 4.90 Å². The molecule has 3 aromatic carbocycles. The van der Waals surface area contributed by atoms with E-state index in [0.29, 0.717) is 0 Å². The Bertz CT molecular complexity index is 1320. The molecule has 1 aliphatic rings. The fourth-order valence-corrected chi connectivity index (χ4v) is 5.58. The van der Waals surface area contributed by atoms with Gasteiger partial charge in [0.25, 0.3) is 0 Å². The first-order valence-corrected chi connectivity index (χ1v) is 11.2. The van der Waals surface area contributed by atoms with Gasteiger partial charge >= 0.3 is 0 Å². The lowest BCUT2D eigenvalue weighted by atomic mass is 9.75. The second-order valence-corrected chi connectivity index (χ2v) is 9.62. The van der Waals surface area contributed by atoms with Crippen LogP contribution in [0, 0.1) is 0 Å². The van der Waals surface area contributed by atoms with Gasteiger partial charge in [0.15, 0.2) is 0 Å². The normalized spacial score (nSPS) is 19.9. The number of fused-ring (bicyclic) bond motifs is 2. The third-order valence-electron chi connectivity index (χ3n) is 6.82. The second kappa shape index (κ2) is 7.03. The number of benzene rings is 3. The van der Waals surface area contributed by atoms with Crippen LogP contribution in [-0.4, -0.2) is 16.7 Å². The van der Waals surface area contributed by atoms with E-state index in [2.05, 4.69) is 113 Å². The molecule has 0 fully saturated rings. The van der Waals surface area contributed by atoms with Gasteiger partial charge in [-0.3, -0.25) is 0 Å². The van der Waals surface area contributed by atoms with Crippen molar-refractivity contribution in [2.75, 3.05) is 11.9 Å². The molecule has 1 atom stereocenters. The Labute approximate surface area is 191 Å². The number of phenols is 1. The van der Waals surface area contributed by atoms with Gasteiger partial charge < -0.3 is 14.6 Å². The Morgan fingerprint density at radius 3 is 2.48 bits per heavy atom. The molecule has 31 heavy (non-hydrogen) atoms. The molecule has 0 aliphatic carbocycles. The van der Waals surface area contributed by atoms with Gasteiger partial charge in [-0.15, -0.1) is 0 Å². The zero-order valence-corrected chi connectivity index (χ0v) is 19.5. The van der Waals surface area contributed by atoms with Crippen LogP contribution in [0.25, 0.3) is 17.0 Å². The summed E-state index contributed by atoms with van der Waals surface area (Å²) in [6.07, 6.45) is 6.46. The number of para-hydroxylation sites is 2. The van der Waals surface area contributed by atoms with E-state index in [-0.39, 0.29) is 11.2 Å². The van der Waals surface area contributed by atoms with E-state index in [1.165, 1.54) is 22.2 Å². The number of anilines is 1. The Morgan fingerprint density at radius 2 is 1.68 bits per heavy atom. The summed E-state index contributed by atoms with van der Waals surface area (Å²) in [4.78, 5) is 2.36. The lowest BCUT2D eigenvalue weighted by Crippen LogP contribution is -2.54. The number of phenolic OH excluding ortho intramolecular Hbond substituents is 1. The monoisotopic (exact) mass is 472 g/mol. The van der Waals surface area contributed by atoms with Crippen LogP contribution in [0.3, 0.4) is 0 Å². The number of rotatable bonds is 3. The molecule has 156 valence electrons. The van der Waals surface area contributed by atoms with Crippen molar-refractivity contribution in [2.45, 2.75) is 24.9 Å². The topological polar surface area (TPSA) is 28.4 Å². The number of hydrogen-bond acceptors (Lipinski definition) is 2. The van der Waals surface area contributed by atoms with Crippen LogP contribution in [0.15, 0.2) is 89.5 Å². The third-order valence-corrected chi connectivity index (χ3v) is 7.31. The van der Waals surface area contributed by atoms with Crippen molar-refractivity contribution in [3.8, 4) is 5.75 Å². The fraction of sp³-hybridized carbons (Fsp3) is 0.185. The summed E-state index contributed by atoms with van der Waals surface area (Å²) in [6, 6.07) is 24.8. The Hall–Kier alpha value is -2.98. The summed E-state index contributed by atoms with van der Waals surface area (Å²) < 4.78 is 3.31. The Kier molecular flexibility index (Phi) is 4.52. The van der Waals surface area contributed by atoms with Gasteiger partial charge in [0.1, 0.15) is 11.4 Å². The van der Waals surface area contributed by atoms with Crippen molar-refractivity contribution < 1.29 is 5.11 Å². The summed E-state index contributed by atoms with van der Waals surface area (Å²) in [5.41, 5.74) is 3.74. The molecule has 1 aromatic heterocycles. The molecule has 0 saturated heterocycles. The van der Waals surface area contributed by atoms with Gasteiger partial charge in [0.05, 0.1) is 5.52 Å². The summed E-state index contributed by atoms with van der Waals surface area (Å²) in [6.45, 7) is 4.60. The Morgan fingerprint density at radius 1 is 0.935 bits per heavy atom. The highest BCUT2D eigenvalue weighted by atomic mass is 79.9. The van der Waals surface area contributed by atoms with Crippen LogP contribution in [0.2, 0.25) is 0 Å². The van der Waals surface area contributed by atoms with Crippen molar-refractivity contribution in [1.29, 1.82) is 0 Å². The van der Waals surface area contributed by atoms with Crippen molar-refractivity contribution in [1.82, 2.24) is 4.57 Å². The maximum Gasteiger partial charge on any atom is 0.145 e. The van der Waals surface area contributed by atoms with Gasteiger partial charge in [-0.05, 0) is 53.4 Å². The van der Waals surface area contributed by atoms with E-state index in [1.54, 1.807) is 6.07 Å². The molecule has 0 spiro atoms. The van der Waals surface area contributed by atoms with E-state index in [1.807, 2.05) is 18.2 Å². The third kappa shape index (κ3) is 2.78. The predicted octanol–water partition coefficient (Wildman–Crippen LogP) is 6.90.